The van der Waals surface area contributed by atoms with Gasteiger partial charge in [0.25, 0.3) is 0 Å². The maximum Gasteiger partial charge on any atom is 0.302 e. The van der Waals surface area contributed by atoms with Crippen molar-refractivity contribution in [2.45, 2.75) is 25.9 Å². The molecule has 3 heteroatoms. The van der Waals surface area contributed by atoms with Crippen LogP contribution in [0.1, 0.15) is 29.2 Å². The molecule has 3 aromatic carbocycles. The third kappa shape index (κ3) is 3.89. The van der Waals surface area contributed by atoms with E-state index in [1.54, 1.807) is 0 Å². The van der Waals surface area contributed by atoms with Crippen LogP contribution < -0.4 is 0 Å². The average molecular weight is 370 g/mol. The summed E-state index contributed by atoms with van der Waals surface area (Å²) < 4.78 is 7.85. The van der Waals surface area contributed by atoms with Gasteiger partial charge >= 0.3 is 5.97 Å². The molecule has 0 saturated carbocycles. The predicted octanol–water partition coefficient (Wildman–Crippen LogP) is 4.22. The molecule has 1 aliphatic rings. The topological polar surface area (TPSA) is 29.3 Å². The van der Waals surface area contributed by atoms with Gasteiger partial charge in [0.1, 0.15) is 0 Å². The molecule has 0 saturated heterocycles. The molecule has 0 bridgehead atoms. The number of hydrogen-bond acceptors (Lipinski definition) is 2. The van der Waals surface area contributed by atoms with Gasteiger partial charge in [-0.2, -0.15) is 0 Å². The number of carbonyl (C=O) groups excluding carboxylic acids is 1. The number of esters is 1. The van der Waals surface area contributed by atoms with Gasteiger partial charge in [0.05, 0.1) is 0 Å². The van der Waals surface area contributed by atoms with Crippen LogP contribution >= 0.6 is 0 Å². The van der Waals surface area contributed by atoms with Gasteiger partial charge in [0.2, 0.25) is 5.71 Å². The maximum atomic E-state index is 11.5. The third-order valence-electron chi connectivity index (χ3n) is 5.18. The molecular weight excluding hydrogens is 346 g/mol. The van der Waals surface area contributed by atoms with Crippen molar-refractivity contribution in [3.63, 3.8) is 0 Å². The average Bonchev–Trinajstić information content (AvgIpc) is 2.73. The number of carbonyl (C=O) groups is 1. The zero-order valence-corrected chi connectivity index (χ0v) is 16.0. The van der Waals surface area contributed by atoms with Crippen molar-refractivity contribution in [2.24, 2.45) is 0 Å². The summed E-state index contributed by atoms with van der Waals surface area (Å²) >= 11 is 0. The van der Waals surface area contributed by atoms with E-state index in [1.807, 2.05) is 12.1 Å². The van der Waals surface area contributed by atoms with Gasteiger partial charge in [-0.15, -0.1) is 0 Å². The van der Waals surface area contributed by atoms with Gasteiger partial charge in [0.15, 0.2) is 19.2 Å². The second kappa shape index (κ2) is 8.22. The molecule has 3 nitrogen and oxygen atoms in total. The first-order valence-corrected chi connectivity index (χ1v) is 9.67. The molecule has 0 aliphatic carbocycles. The fraction of sp³-hybridized carbons (Fsp3) is 0.200. The standard InChI is InChI=1S/C25H24NO2/c1-19(27)28-18-23-16-22-14-8-9-15-24(22)25(21-12-6-3-7-13-21)26(23)17-20-10-4-2-5-11-20/h2-15,23H,16-18H2,1H3/q+1. The van der Waals surface area contributed by atoms with E-state index < -0.39 is 0 Å². The largest absolute Gasteiger partial charge is 0.459 e. The zero-order chi connectivity index (χ0) is 19.3. The first-order chi connectivity index (χ1) is 13.7. The van der Waals surface area contributed by atoms with Crippen LogP contribution in [0.5, 0.6) is 0 Å². The van der Waals surface area contributed by atoms with Gasteiger partial charge < -0.3 is 4.74 Å². The lowest BCUT2D eigenvalue weighted by Gasteiger charge is -2.26. The fourth-order valence-corrected chi connectivity index (χ4v) is 3.90. The summed E-state index contributed by atoms with van der Waals surface area (Å²) in [5, 5.41) is 0. The predicted molar refractivity (Wildman–Crippen MR) is 111 cm³/mol. The van der Waals surface area contributed by atoms with Crippen LogP contribution in [0.2, 0.25) is 0 Å². The summed E-state index contributed by atoms with van der Waals surface area (Å²) in [6.45, 7) is 2.62. The van der Waals surface area contributed by atoms with E-state index >= 15 is 0 Å². The van der Waals surface area contributed by atoms with Crippen molar-refractivity contribution in [2.75, 3.05) is 6.61 Å². The fourth-order valence-electron chi connectivity index (χ4n) is 3.90. The minimum absolute atomic E-state index is 0.0919. The van der Waals surface area contributed by atoms with Crippen LogP contribution in [0, 0.1) is 0 Å². The van der Waals surface area contributed by atoms with E-state index in [0.29, 0.717) is 6.61 Å². The Balaban J connectivity index is 1.87. The van der Waals surface area contributed by atoms with E-state index in [4.69, 9.17) is 4.74 Å². The van der Waals surface area contributed by atoms with Crippen LogP contribution in [-0.4, -0.2) is 28.9 Å². The number of fused-ring (bicyclic) bond motifs is 1. The molecule has 0 spiro atoms. The molecule has 0 amide bonds. The smallest absolute Gasteiger partial charge is 0.302 e. The highest BCUT2D eigenvalue weighted by Crippen LogP contribution is 2.25. The number of ether oxygens (including phenoxy) is 1. The highest BCUT2D eigenvalue weighted by molar-refractivity contribution is 6.11. The summed E-state index contributed by atoms with van der Waals surface area (Å²) in [4.78, 5) is 11.5. The number of benzene rings is 3. The molecule has 140 valence electrons. The molecule has 0 fully saturated rings. The molecule has 3 aromatic rings. The Bertz CT molecular complexity index is 993. The van der Waals surface area contributed by atoms with Crippen molar-refractivity contribution in [1.82, 2.24) is 0 Å². The van der Waals surface area contributed by atoms with Crippen LogP contribution in [0.15, 0.2) is 84.9 Å². The quantitative estimate of drug-likeness (QED) is 0.497. The molecule has 4 rings (SSSR count). The third-order valence-corrected chi connectivity index (χ3v) is 5.18. The van der Waals surface area contributed by atoms with Crippen LogP contribution in [0.25, 0.3) is 0 Å². The van der Waals surface area contributed by atoms with E-state index in [0.717, 1.165) is 13.0 Å². The molecule has 1 aliphatic heterocycles. The summed E-state index contributed by atoms with van der Waals surface area (Å²) in [7, 11) is 0. The Morgan fingerprint density at radius 2 is 1.57 bits per heavy atom. The van der Waals surface area contributed by atoms with Crippen LogP contribution in [0.3, 0.4) is 0 Å². The molecule has 1 unspecified atom stereocenters. The lowest BCUT2D eigenvalue weighted by Crippen LogP contribution is -2.42. The SMILES string of the molecule is CC(=O)OCC1Cc2ccccc2C(c2ccccc2)=[N+]1Cc1ccccc1. The Morgan fingerprint density at radius 1 is 0.929 bits per heavy atom. The minimum Gasteiger partial charge on any atom is -0.459 e. The van der Waals surface area contributed by atoms with Crippen molar-refractivity contribution in [1.29, 1.82) is 0 Å². The van der Waals surface area contributed by atoms with Gasteiger partial charge in [-0.1, -0.05) is 66.7 Å². The van der Waals surface area contributed by atoms with Crippen molar-refractivity contribution < 1.29 is 14.1 Å². The number of nitrogens with zero attached hydrogens (tertiary/aromatic N) is 1. The maximum absolute atomic E-state index is 11.5. The van der Waals surface area contributed by atoms with Gasteiger partial charge in [-0.25, -0.2) is 4.58 Å². The molecule has 28 heavy (non-hydrogen) atoms. The first kappa shape index (κ1) is 18.2. The van der Waals surface area contributed by atoms with Crippen molar-refractivity contribution in [3.8, 4) is 0 Å². The summed E-state index contributed by atoms with van der Waals surface area (Å²) in [6.07, 6.45) is 0.854. The van der Waals surface area contributed by atoms with E-state index in [1.165, 1.54) is 34.9 Å². The Kier molecular flexibility index (Phi) is 5.34. The molecule has 1 atom stereocenters. The first-order valence-electron chi connectivity index (χ1n) is 9.67. The van der Waals surface area contributed by atoms with E-state index in [9.17, 15) is 4.79 Å². The highest BCUT2D eigenvalue weighted by atomic mass is 16.5. The summed E-state index contributed by atoms with van der Waals surface area (Å²) in [5.74, 6) is -0.236. The molecule has 0 N–H and O–H groups in total. The van der Waals surface area contributed by atoms with Crippen LogP contribution in [-0.2, 0) is 22.5 Å². The Labute approximate surface area is 165 Å². The van der Waals surface area contributed by atoms with Crippen molar-refractivity contribution >= 4 is 11.7 Å². The molecular formula is C25H24NO2+. The lowest BCUT2D eigenvalue weighted by atomic mass is 9.89. The van der Waals surface area contributed by atoms with Gasteiger partial charge in [-0.3, -0.25) is 4.79 Å². The van der Waals surface area contributed by atoms with Gasteiger partial charge in [0, 0.05) is 30.0 Å². The zero-order valence-electron chi connectivity index (χ0n) is 16.0. The highest BCUT2D eigenvalue weighted by Gasteiger charge is 2.35. The second-order valence-electron chi connectivity index (χ2n) is 7.15. The summed E-state index contributed by atoms with van der Waals surface area (Å²) in [6, 6.07) is 29.6. The van der Waals surface area contributed by atoms with Crippen LogP contribution in [0.4, 0.5) is 0 Å². The van der Waals surface area contributed by atoms with Crippen molar-refractivity contribution in [3.05, 3.63) is 107 Å². The molecule has 0 radical (unpaired) electrons. The summed E-state index contributed by atoms with van der Waals surface area (Å²) in [5.41, 5.74) is 6.16. The Morgan fingerprint density at radius 3 is 2.29 bits per heavy atom. The Hall–Kier alpha value is -3.20. The number of hydrogen-bond donors (Lipinski definition) is 0. The number of rotatable bonds is 5. The van der Waals surface area contributed by atoms with E-state index in [2.05, 4.69) is 77.4 Å². The molecule has 1 heterocycles. The van der Waals surface area contributed by atoms with Gasteiger partial charge in [-0.05, 0) is 23.8 Å². The second-order valence-corrected chi connectivity index (χ2v) is 7.15. The van der Waals surface area contributed by atoms with E-state index in [-0.39, 0.29) is 12.0 Å². The lowest BCUT2D eigenvalue weighted by molar-refractivity contribution is -0.584. The minimum atomic E-state index is -0.236. The normalized spacial score (nSPS) is 15.8. The monoisotopic (exact) mass is 370 g/mol. The molecule has 0 aromatic heterocycles.